The first-order valence-corrected chi connectivity index (χ1v) is 10.4. The van der Waals surface area contributed by atoms with E-state index in [1.54, 1.807) is 0 Å². The Balaban J connectivity index is 1.29. The molecular formula is C25H26N2O. The van der Waals surface area contributed by atoms with E-state index in [2.05, 4.69) is 40.6 Å². The molecule has 2 aromatic carbocycles. The summed E-state index contributed by atoms with van der Waals surface area (Å²) in [7, 11) is 0. The molecule has 142 valence electrons. The number of para-hydroxylation sites is 2. The molecule has 1 amide bonds. The third kappa shape index (κ3) is 2.99. The summed E-state index contributed by atoms with van der Waals surface area (Å²) in [5, 5.41) is 4.43. The summed E-state index contributed by atoms with van der Waals surface area (Å²) in [5.41, 5.74) is 3.65. The summed E-state index contributed by atoms with van der Waals surface area (Å²) < 4.78 is 0. The SMILES string of the molecule is O=C(Nc1ccccc1)[C@H]1CC[C@]12CC[C@H](c1ccnc3ccccc31)CC2. The number of rotatable bonds is 3. The third-order valence-corrected chi connectivity index (χ3v) is 7.13. The molecule has 1 atom stereocenters. The van der Waals surface area contributed by atoms with Crippen LogP contribution in [0.1, 0.15) is 50.0 Å². The summed E-state index contributed by atoms with van der Waals surface area (Å²) >= 11 is 0. The largest absolute Gasteiger partial charge is 0.326 e. The first-order valence-electron chi connectivity index (χ1n) is 10.4. The molecule has 0 bridgehead atoms. The molecule has 1 aromatic heterocycles. The molecule has 1 N–H and O–H groups in total. The summed E-state index contributed by atoms with van der Waals surface area (Å²) in [6.45, 7) is 0. The fourth-order valence-electron chi connectivity index (χ4n) is 5.43. The zero-order valence-electron chi connectivity index (χ0n) is 16.1. The number of aromatic nitrogens is 1. The Morgan fingerprint density at radius 2 is 1.61 bits per heavy atom. The van der Waals surface area contributed by atoms with Crippen molar-refractivity contribution in [1.29, 1.82) is 0 Å². The van der Waals surface area contributed by atoms with Crippen LogP contribution < -0.4 is 5.32 Å². The highest BCUT2D eigenvalue weighted by Crippen LogP contribution is 2.58. The van der Waals surface area contributed by atoms with E-state index in [1.165, 1.54) is 30.2 Å². The van der Waals surface area contributed by atoms with E-state index in [9.17, 15) is 4.79 Å². The number of hydrogen-bond acceptors (Lipinski definition) is 2. The maximum Gasteiger partial charge on any atom is 0.228 e. The second-order valence-corrected chi connectivity index (χ2v) is 8.50. The summed E-state index contributed by atoms with van der Waals surface area (Å²) in [4.78, 5) is 17.4. The van der Waals surface area contributed by atoms with Gasteiger partial charge >= 0.3 is 0 Å². The van der Waals surface area contributed by atoms with Crippen LogP contribution in [0.4, 0.5) is 5.69 Å². The minimum absolute atomic E-state index is 0.169. The fourth-order valence-corrected chi connectivity index (χ4v) is 5.43. The van der Waals surface area contributed by atoms with E-state index in [0.717, 1.165) is 30.5 Å². The van der Waals surface area contributed by atoms with E-state index in [1.807, 2.05) is 36.5 Å². The molecule has 2 aliphatic carbocycles. The van der Waals surface area contributed by atoms with Crippen molar-refractivity contribution in [2.45, 2.75) is 44.4 Å². The molecule has 3 aromatic rings. The van der Waals surface area contributed by atoms with Crippen molar-refractivity contribution in [2.75, 3.05) is 5.32 Å². The number of nitrogens with one attached hydrogen (secondary N) is 1. The van der Waals surface area contributed by atoms with Gasteiger partial charge in [0, 0.05) is 23.2 Å². The molecule has 1 spiro atoms. The summed E-state index contributed by atoms with van der Waals surface area (Å²) in [6.07, 6.45) is 8.82. The molecular weight excluding hydrogens is 344 g/mol. The van der Waals surface area contributed by atoms with Gasteiger partial charge in [-0.05, 0) is 79.7 Å². The van der Waals surface area contributed by atoms with Gasteiger partial charge in [0.2, 0.25) is 5.91 Å². The Labute approximate surface area is 166 Å². The Morgan fingerprint density at radius 3 is 2.36 bits per heavy atom. The normalized spacial score (nSPS) is 26.7. The zero-order chi connectivity index (χ0) is 19.0. The van der Waals surface area contributed by atoms with Crippen LogP contribution in [0.3, 0.4) is 0 Å². The molecule has 2 aliphatic rings. The van der Waals surface area contributed by atoms with Gasteiger partial charge in [-0.25, -0.2) is 0 Å². The van der Waals surface area contributed by atoms with Gasteiger partial charge in [-0.3, -0.25) is 9.78 Å². The van der Waals surface area contributed by atoms with E-state index in [4.69, 9.17) is 0 Å². The number of carbonyl (C=O) groups is 1. The second kappa shape index (κ2) is 7.05. The lowest BCUT2D eigenvalue weighted by Crippen LogP contribution is -2.48. The van der Waals surface area contributed by atoms with Gasteiger partial charge in [0.05, 0.1) is 5.52 Å². The average Bonchev–Trinajstić information content (AvgIpc) is 2.73. The molecule has 0 radical (unpaired) electrons. The first kappa shape index (κ1) is 17.4. The molecule has 0 saturated heterocycles. The topological polar surface area (TPSA) is 42.0 Å². The van der Waals surface area contributed by atoms with Gasteiger partial charge in [-0.2, -0.15) is 0 Å². The highest BCUT2D eigenvalue weighted by Gasteiger charge is 2.51. The number of anilines is 1. The fraction of sp³-hybridized carbons (Fsp3) is 0.360. The number of amides is 1. The molecule has 5 rings (SSSR count). The maximum atomic E-state index is 12.9. The highest BCUT2D eigenvalue weighted by atomic mass is 16.2. The van der Waals surface area contributed by atoms with Gasteiger partial charge in [0.15, 0.2) is 0 Å². The quantitative estimate of drug-likeness (QED) is 0.621. The lowest BCUT2D eigenvalue weighted by atomic mass is 9.52. The van der Waals surface area contributed by atoms with Crippen LogP contribution in [-0.2, 0) is 4.79 Å². The van der Waals surface area contributed by atoms with Crippen molar-refractivity contribution >= 4 is 22.5 Å². The predicted molar refractivity (Wildman–Crippen MR) is 113 cm³/mol. The Bertz CT molecular complexity index is 984. The van der Waals surface area contributed by atoms with Crippen LogP contribution in [-0.4, -0.2) is 10.9 Å². The standard InChI is InChI=1S/C25H26N2O/c28-24(27-19-6-2-1-3-7-19)22-12-16-25(22)14-10-18(11-15-25)20-13-17-26-23-9-5-4-8-21(20)23/h1-9,13,17-18,22H,10-12,14-16H2,(H,27,28)/t18-,22-,25+/m1/s1. The van der Waals surface area contributed by atoms with Crippen molar-refractivity contribution in [3.8, 4) is 0 Å². The second-order valence-electron chi connectivity index (χ2n) is 8.50. The molecule has 2 saturated carbocycles. The number of carbonyl (C=O) groups excluding carboxylic acids is 1. The van der Waals surface area contributed by atoms with E-state index in [0.29, 0.717) is 5.92 Å². The zero-order valence-corrected chi connectivity index (χ0v) is 16.1. The minimum Gasteiger partial charge on any atom is -0.326 e. The van der Waals surface area contributed by atoms with E-state index >= 15 is 0 Å². The van der Waals surface area contributed by atoms with Crippen LogP contribution in [0.15, 0.2) is 66.9 Å². The van der Waals surface area contributed by atoms with Gasteiger partial charge in [0.25, 0.3) is 0 Å². The van der Waals surface area contributed by atoms with Crippen LogP contribution in [0, 0.1) is 11.3 Å². The van der Waals surface area contributed by atoms with Gasteiger partial charge in [-0.15, -0.1) is 0 Å². The summed E-state index contributed by atoms with van der Waals surface area (Å²) in [5.74, 6) is 0.963. The van der Waals surface area contributed by atoms with Crippen molar-refractivity contribution in [2.24, 2.45) is 11.3 Å². The van der Waals surface area contributed by atoms with Gasteiger partial charge < -0.3 is 5.32 Å². The Morgan fingerprint density at radius 1 is 0.893 bits per heavy atom. The number of fused-ring (bicyclic) bond motifs is 1. The lowest BCUT2D eigenvalue weighted by molar-refractivity contribution is -0.133. The monoisotopic (exact) mass is 370 g/mol. The highest BCUT2D eigenvalue weighted by molar-refractivity contribution is 5.93. The van der Waals surface area contributed by atoms with Crippen molar-refractivity contribution in [3.05, 3.63) is 72.4 Å². The summed E-state index contributed by atoms with van der Waals surface area (Å²) in [6, 6.07) is 20.5. The lowest BCUT2D eigenvalue weighted by Gasteiger charge is -2.52. The van der Waals surface area contributed by atoms with Crippen molar-refractivity contribution in [1.82, 2.24) is 4.98 Å². The molecule has 1 heterocycles. The van der Waals surface area contributed by atoms with Crippen LogP contribution >= 0.6 is 0 Å². The number of nitrogens with zero attached hydrogens (tertiary/aromatic N) is 1. The number of benzene rings is 2. The molecule has 28 heavy (non-hydrogen) atoms. The Kier molecular flexibility index (Phi) is 4.38. The van der Waals surface area contributed by atoms with Crippen LogP contribution in [0.25, 0.3) is 10.9 Å². The Hall–Kier alpha value is -2.68. The van der Waals surface area contributed by atoms with E-state index < -0.39 is 0 Å². The smallest absolute Gasteiger partial charge is 0.228 e. The maximum absolute atomic E-state index is 12.9. The van der Waals surface area contributed by atoms with Crippen molar-refractivity contribution in [3.63, 3.8) is 0 Å². The van der Waals surface area contributed by atoms with Gasteiger partial charge in [-0.1, -0.05) is 36.4 Å². The van der Waals surface area contributed by atoms with Crippen LogP contribution in [0.2, 0.25) is 0 Å². The molecule has 3 heteroatoms. The molecule has 0 unspecified atom stereocenters. The van der Waals surface area contributed by atoms with Crippen molar-refractivity contribution < 1.29 is 4.79 Å². The number of pyridine rings is 1. The first-order chi connectivity index (χ1) is 13.8. The number of hydrogen-bond donors (Lipinski definition) is 1. The average molecular weight is 370 g/mol. The predicted octanol–water partition coefficient (Wildman–Crippen LogP) is 5.93. The molecule has 0 aliphatic heterocycles. The minimum atomic E-state index is 0.169. The van der Waals surface area contributed by atoms with E-state index in [-0.39, 0.29) is 17.2 Å². The molecule has 3 nitrogen and oxygen atoms in total. The molecule has 2 fully saturated rings. The van der Waals surface area contributed by atoms with Gasteiger partial charge in [0.1, 0.15) is 0 Å². The van der Waals surface area contributed by atoms with Crippen LogP contribution in [0.5, 0.6) is 0 Å². The third-order valence-electron chi connectivity index (χ3n) is 7.13.